The van der Waals surface area contributed by atoms with Crippen molar-refractivity contribution in [2.75, 3.05) is 0 Å². The Morgan fingerprint density at radius 3 is 2.71 bits per heavy atom. The fourth-order valence-electron chi connectivity index (χ4n) is 3.64. The lowest BCUT2D eigenvalue weighted by Crippen LogP contribution is -2.39. The number of nitrogens with zero attached hydrogens (tertiary/aromatic N) is 2. The maximum absolute atomic E-state index is 12.9. The SMILES string of the molecule is CCCn1c(S[C@@H](C)C(=O)NC2CCCCCC2)nc2cc(Cl)ccc2c1=O. The van der Waals surface area contributed by atoms with Crippen LogP contribution in [-0.4, -0.2) is 26.8 Å². The summed E-state index contributed by atoms with van der Waals surface area (Å²) in [6.45, 7) is 4.47. The van der Waals surface area contributed by atoms with Crippen molar-refractivity contribution in [3.63, 3.8) is 0 Å². The zero-order valence-corrected chi connectivity index (χ0v) is 18.1. The van der Waals surface area contributed by atoms with Gasteiger partial charge in [0.2, 0.25) is 5.91 Å². The van der Waals surface area contributed by atoms with Crippen LogP contribution in [0.3, 0.4) is 0 Å². The van der Waals surface area contributed by atoms with Gasteiger partial charge in [-0.15, -0.1) is 0 Å². The Balaban J connectivity index is 1.82. The van der Waals surface area contributed by atoms with Crippen molar-refractivity contribution in [3.8, 4) is 0 Å². The Labute approximate surface area is 175 Å². The van der Waals surface area contributed by atoms with Gasteiger partial charge in [0.1, 0.15) is 0 Å². The minimum absolute atomic E-state index is 0.0142. The molecule has 0 unspecified atom stereocenters. The third kappa shape index (κ3) is 5.09. The van der Waals surface area contributed by atoms with Gasteiger partial charge in [-0.25, -0.2) is 4.98 Å². The molecule has 1 aromatic heterocycles. The van der Waals surface area contributed by atoms with Gasteiger partial charge in [-0.2, -0.15) is 0 Å². The lowest BCUT2D eigenvalue weighted by atomic mass is 10.1. The van der Waals surface area contributed by atoms with Crippen molar-refractivity contribution < 1.29 is 4.79 Å². The second-order valence-corrected chi connectivity index (χ2v) is 9.21. The third-order valence-corrected chi connectivity index (χ3v) is 6.51. The van der Waals surface area contributed by atoms with Crippen molar-refractivity contribution in [1.82, 2.24) is 14.9 Å². The number of rotatable bonds is 6. The minimum Gasteiger partial charge on any atom is -0.352 e. The average molecular weight is 422 g/mol. The van der Waals surface area contributed by atoms with Crippen LogP contribution in [0.5, 0.6) is 0 Å². The van der Waals surface area contributed by atoms with Gasteiger partial charge >= 0.3 is 0 Å². The van der Waals surface area contributed by atoms with E-state index in [0.717, 1.165) is 19.3 Å². The van der Waals surface area contributed by atoms with Crippen molar-refractivity contribution in [1.29, 1.82) is 0 Å². The molecule has 1 saturated carbocycles. The van der Waals surface area contributed by atoms with Gasteiger partial charge in [0.25, 0.3) is 5.56 Å². The van der Waals surface area contributed by atoms with Crippen LogP contribution in [0.25, 0.3) is 10.9 Å². The fraction of sp³-hybridized carbons (Fsp3) is 0.571. The van der Waals surface area contributed by atoms with E-state index in [4.69, 9.17) is 11.6 Å². The first-order valence-electron chi connectivity index (χ1n) is 10.2. The lowest BCUT2D eigenvalue weighted by molar-refractivity contribution is -0.121. The van der Waals surface area contributed by atoms with Crippen LogP contribution >= 0.6 is 23.4 Å². The number of nitrogens with one attached hydrogen (secondary N) is 1. The Morgan fingerprint density at radius 1 is 1.32 bits per heavy atom. The number of aromatic nitrogens is 2. The smallest absolute Gasteiger partial charge is 0.262 e. The normalized spacial score (nSPS) is 16.7. The minimum atomic E-state index is -0.324. The quantitative estimate of drug-likeness (QED) is 0.414. The maximum Gasteiger partial charge on any atom is 0.262 e. The average Bonchev–Trinajstić information content (AvgIpc) is 2.93. The Kier molecular flexibility index (Phi) is 7.41. The van der Waals surface area contributed by atoms with Crippen molar-refractivity contribution >= 4 is 40.2 Å². The molecule has 152 valence electrons. The Bertz CT molecular complexity index is 891. The number of benzene rings is 1. The van der Waals surface area contributed by atoms with Crippen molar-refractivity contribution in [2.24, 2.45) is 0 Å². The highest BCUT2D eigenvalue weighted by Gasteiger charge is 2.22. The van der Waals surface area contributed by atoms with E-state index in [1.807, 2.05) is 13.8 Å². The molecule has 1 N–H and O–H groups in total. The first-order valence-corrected chi connectivity index (χ1v) is 11.4. The zero-order chi connectivity index (χ0) is 20.1. The molecule has 0 aliphatic heterocycles. The number of halogens is 1. The number of carbonyl (C=O) groups excluding carboxylic acids is 1. The molecule has 1 heterocycles. The number of hydrogen-bond acceptors (Lipinski definition) is 4. The molecule has 7 heteroatoms. The van der Waals surface area contributed by atoms with Crippen LogP contribution in [0.15, 0.2) is 28.2 Å². The summed E-state index contributed by atoms with van der Waals surface area (Å²) in [6, 6.07) is 5.39. The summed E-state index contributed by atoms with van der Waals surface area (Å²) in [6.07, 6.45) is 7.78. The van der Waals surface area contributed by atoms with E-state index in [-0.39, 0.29) is 22.8 Å². The molecule has 0 radical (unpaired) electrons. The van der Waals surface area contributed by atoms with E-state index in [2.05, 4.69) is 10.3 Å². The number of carbonyl (C=O) groups is 1. The molecule has 1 aliphatic rings. The summed E-state index contributed by atoms with van der Waals surface area (Å²) in [5, 5.41) is 4.54. The molecule has 1 aliphatic carbocycles. The first kappa shape index (κ1) is 21.2. The van der Waals surface area contributed by atoms with E-state index < -0.39 is 0 Å². The van der Waals surface area contributed by atoms with E-state index in [1.165, 1.54) is 37.4 Å². The number of thioether (sulfide) groups is 1. The maximum atomic E-state index is 12.9. The highest BCUT2D eigenvalue weighted by atomic mass is 35.5. The van der Waals surface area contributed by atoms with Crippen LogP contribution in [0.1, 0.15) is 58.8 Å². The largest absolute Gasteiger partial charge is 0.352 e. The van der Waals surface area contributed by atoms with Gasteiger partial charge in [-0.3, -0.25) is 14.2 Å². The predicted molar refractivity (Wildman–Crippen MR) is 116 cm³/mol. The summed E-state index contributed by atoms with van der Waals surface area (Å²) in [5.74, 6) is 0.0142. The second-order valence-electron chi connectivity index (χ2n) is 7.47. The fourth-order valence-corrected chi connectivity index (χ4v) is 4.75. The summed E-state index contributed by atoms with van der Waals surface area (Å²) < 4.78 is 1.68. The Morgan fingerprint density at radius 2 is 2.04 bits per heavy atom. The Hall–Kier alpha value is -1.53. The topological polar surface area (TPSA) is 64.0 Å². The van der Waals surface area contributed by atoms with E-state index >= 15 is 0 Å². The molecule has 0 bridgehead atoms. The predicted octanol–water partition coefficient (Wildman–Crippen LogP) is 4.78. The molecule has 1 amide bonds. The lowest BCUT2D eigenvalue weighted by Gasteiger charge is -2.20. The van der Waals surface area contributed by atoms with Gasteiger partial charge < -0.3 is 5.32 Å². The molecule has 1 aromatic carbocycles. The summed E-state index contributed by atoms with van der Waals surface area (Å²) in [7, 11) is 0. The van der Waals surface area contributed by atoms with Crippen LogP contribution in [0.2, 0.25) is 5.02 Å². The summed E-state index contributed by atoms with van der Waals surface area (Å²) in [5.41, 5.74) is 0.492. The van der Waals surface area contributed by atoms with E-state index in [1.54, 1.807) is 22.8 Å². The standard InChI is InChI=1S/C21H28ClN3O2S/c1-3-12-25-20(27)17-11-10-15(22)13-18(17)24-21(25)28-14(2)19(26)23-16-8-6-4-5-7-9-16/h10-11,13-14,16H,3-9,12H2,1-2H3,(H,23,26)/t14-/m0/s1. The molecule has 3 rings (SSSR count). The molecular formula is C21H28ClN3O2S. The van der Waals surface area contributed by atoms with Crippen molar-refractivity contribution in [2.45, 2.75) is 81.8 Å². The summed E-state index contributed by atoms with van der Waals surface area (Å²) >= 11 is 7.43. The van der Waals surface area contributed by atoms with Gasteiger partial charge in [0, 0.05) is 17.6 Å². The first-order chi connectivity index (χ1) is 13.5. The summed E-state index contributed by atoms with van der Waals surface area (Å²) in [4.78, 5) is 30.3. The molecular weight excluding hydrogens is 394 g/mol. The van der Waals surface area contributed by atoms with E-state index in [9.17, 15) is 9.59 Å². The number of amides is 1. The van der Waals surface area contributed by atoms with Gasteiger partial charge in [-0.1, -0.05) is 56.0 Å². The molecule has 0 spiro atoms. The molecule has 1 fully saturated rings. The van der Waals surface area contributed by atoms with Crippen LogP contribution < -0.4 is 10.9 Å². The highest BCUT2D eigenvalue weighted by molar-refractivity contribution is 8.00. The van der Waals surface area contributed by atoms with Gasteiger partial charge in [-0.05, 0) is 44.4 Å². The van der Waals surface area contributed by atoms with Gasteiger partial charge in [0.05, 0.1) is 16.2 Å². The second kappa shape index (κ2) is 9.79. The zero-order valence-electron chi connectivity index (χ0n) is 16.5. The molecule has 0 saturated heterocycles. The molecule has 1 atom stereocenters. The van der Waals surface area contributed by atoms with Crippen LogP contribution in [0.4, 0.5) is 0 Å². The van der Waals surface area contributed by atoms with Gasteiger partial charge in [0.15, 0.2) is 5.16 Å². The molecule has 28 heavy (non-hydrogen) atoms. The third-order valence-electron chi connectivity index (χ3n) is 5.18. The van der Waals surface area contributed by atoms with E-state index in [0.29, 0.717) is 27.6 Å². The molecule has 5 nitrogen and oxygen atoms in total. The molecule has 2 aromatic rings. The van der Waals surface area contributed by atoms with Crippen LogP contribution in [-0.2, 0) is 11.3 Å². The number of fused-ring (bicyclic) bond motifs is 1. The van der Waals surface area contributed by atoms with Crippen molar-refractivity contribution in [3.05, 3.63) is 33.6 Å². The highest BCUT2D eigenvalue weighted by Crippen LogP contribution is 2.25. The van der Waals surface area contributed by atoms with Crippen LogP contribution in [0, 0.1) is 0 Å². The number of hydrogen-bond donors (Lipinski definition) is 1. The monoisotopic (exact) mass is 421 g/mol.